The molecule has 0 saturated carbocycles. The molecule has 1 amide bonds. The van der Waals surface area contributed by atoms with Gasteiger partial charge in [-0.1, -0.05) is 12.1 Å². The molecule has 0 bridgehead atoms. The minimum absolute atomic E-state index is 0.0113. The quantitative estimate of drug-likeness (QED) is 0.669. The van der Waals surface area contributed by atoms with Crippen LogP contribution < -0.4 is 15.4 Å². The van der Waals surface area contributed by atoms with Gasteiger partial charge in [-0.2, -0.15) is 0 Å². The summed E-state index contributed by atoms with van der Waals surface area (Å²) in [6, 6.07) is 8.97. The first-order valence-corrected chi connectivity index (χ1v) is 8.65. The van der Waals surface area contributed by atoms with Gasteiger partial charge in [-0.3, -0.25) is 4.79 Å². The number of rotatable bonds is 9. The highest BCUT2D eigenvalue weighted by atomic mass is 16.5. The Labute approximate surface area is 154 Å². The van der Waals surface area contributed by atoms with Crippen molar-refractivity contribution in [3.05, 3.63) is 41.9 Å². The normalized spacial score (nSPS) is 10.7. The molecule has 7 nitrogen and oxygen atoms in total. The molecule has 0 aliphatic rings. The van der Waals surface area contributed by atoms with Crippen molar-refractivity contribution in [2.75, 3.05) is 30.9 Å². The zero-order valence-electron chi connectivity index (χ0n) is 15.7. The highest BCUT2D eigenvalue weighted by molar-refractivity contribution is 6.04. The molecule has 2 rings (SSSR count). The molecule has 0 radical (unpaired) electrons. The standard InChI is InChI=1S/C19H26N4O3/c1-13(2)26-17-9-6-5-8-15(17)23-19(24)16-12-18(22-14(3)21-16)20-10-7-11-25-4/h5-6,8-9,12-13H,7,10-11H2,1-4H3,(H,23,24)(H,20,21,22). The number of anilines is 2. The van der Waals surface area contributed by atoms with Crippen molar-refractivity contribution in [1.29, 1.82) is 0 Å². The van der Waals surface area contributed by atoms with E-state index in [0.717, 1.165) is 6.42 Å². The Balaban J connectivity index is 2.11. The number of para-hydroxylation sites is 2. The van der Waals surface area contributed by atoms with Gasteiger partial charge in [0.25, 0.3) is 5.91 Å². The molecular formula is C19H26N4O3. The Kier molecular flexibility index (Phi) is 7.35. The fourth-order valence-electron chi connectivity index (χ4n) is 2.32. The molecule has 0 spiro atoms. The number of amides is 1. The fourth-order valence-corrected chi connectivity index (χ4v) is 2.32. The number of hydrogen-bond donors (Lipinski definition) is 2. The van der Waals surface area contributed by atoms with Gasteiger partial charge in [-0.25, -0.2) is 9.97 Å². The Hall–Kier alpha value is -2.67. The van der Waals surface area contributed by atoms with E-state index in [4.69, 9.17) is 9.47 Å². The zero-order valence-corrected chi connectivity index (χ0v) is 15.7. The molecule has 0 fully saturated rings. The van der Waals surface area contributed by atoms with Gasteiger partial charge < -0.3 is 20.1 Å². The largest absolute Gasteiger partial charge is 0.489 e. The molecule has 0 saturated heterocycles. The summed E-state index contributed by atoms with van der Waals surface area (Å²) in [5.41, 5.74) is 0.906. The van der Waals surface area contributed by atoms with Crippen LogP contribution in [0.2, 0.25) is 0 Å². The molecule has 1 heterocycles. The van der Waals surface area contributed by atoms with Crippen molar-refractivity contribution in [3.8, 4) is 5.75 Å². The number of benzene rings is 1. The second kappa shape index (κ2) is 9.72. The lowest BCUT2D eigenvalue weighted by molar-refractivity contribution is 0.102. The monoisotopic (exact) mass is 358 g/mol. The van der Waals surface area contributed by atoms with Crippen LogP contribution in [0, 0.1) is 6.92 Å². The average Bonchev–Trinajstić information content (AvgIpc) is 2.59. The minimum atomic E-state index is -0.310. The van der Waals surface area contributed by atoms with E-state index < -0.39 is 0 Å². The highest BCUT2D eigenvalue weighted by Gasteiger charge is 2.14. The summed E-state index contributed by atoms with van der Waals surface area (Å²) in [6.07, 6.45) is 0.860. The first-order chi connectivity index (χ1) is 12.5. The molecule has 1 aromatic heterocycles. The van der Waals surface area contributed by atoms with Crippen molar-refractivity contribution in [2.24, 2.45) is 0 Å². The van der Waals surface area contributed by atoms with Crippen LogP contribution in [0.25, 0.3) is 0 Å². The molecule has 1 aromatic carbocycles. The minimum Gasteiger partial charge on any atom is -0.489 e. The van der Waals surface area contributed by atoms with Gasteiger partial charge in [-0.05, 0) is 39.3 Å². The van der Waals surface area contributed by atoms with Crippen LogP contribution >= 0.6 is 0 Å². The molecular weight excluding hydrogens is 332 g/mol. The maximum atomic E-state index is 12.6. The van der Waals surface area contributed by atoms with E-state index in [9.17, 15) is 4.79 Å². The van der Waals surface area contributed by atoms with Gasteiger partial charge in [0.1, 0.15) is 23.1 Å². The smallest absolute Gasteiger partial charge is 0.274 e. The molecule has 26 heavy (non-hydrogen) atoms. The lowest BCUT2D eigenvalue weighted by atomic mass is 10.2. The Morgan fingerprint density at radius 2 is 2.00 bits per heavy atom. The van der Waals surface area contributed by atoms with Crippen molar-refractivity contribution in [3.63, 3.8) is 0 Å². The number of hydrogen-bond acceptors (Lipinski definition) is 6. The van der Waals surface area contributed by atoms with Gasteiger partial charge in [-0.15, -0.1) is 0 Å². The maximum absolute atomic E-state index is 12.6. The molecule has 140 valence electrons. The molecule has 2 N–H and O–H groups in total. The van der Waals surface area contributed by atoms with E-state index in [1.165, 1.54) is 0 Å². The van der Waals surface area contributed by atoms with Gasteiger partial charge in [0.05, 0.1) is 11.8 Å². The summed E-state index contributed by atoms with van der Waals surface area (Å²) in [6.45, 7) is 7.00. The molecule has 0 aliphatic carbocycles. The SMILES string of the molecule is COCCCNc1cc(C(=O)Nc2ccccc2OC(C)C)nc(C)n1. The van der Waals surface area contributed by atoms with E-state index in [-0.39, 0.29) is 12.0 Å². The summed E-state index contributed by atoms with van der Waals surface area (Å²) in [5, 5.41) is 6.04. The number of carbonyl (C=O) groups excluding carboxylic acids is 1. The van der Waals surface area contributed by atoms with E-state index in [0.29, 0.717) is 41.9 Å². The van der Waals surface area contributed by atoms with Gasteiger partial charge >= 0.3 is 0 Å². The predicted octanol–water partition coefficient (Wildman–Crippen LogP) is 3.27. The first-order valence-electron chi connectivity index (χ1n) is 8.65. The number of carbonyl (C=O) groups is 1. The third-order valence-electron chi connectivity index (χ3n) is 3.40. The molecule has 0 unspecified atom stereocenters. The topological polar surface area (TPSA) is 85.4 Å². The third-order valence-corrected chi connectivity index (χ3v) is 3.40. The van der Waals surface area contributed by atoms with Crippen LogP contribution in [0.4, 0.5) is 11.5 Å². The molecule has 7 heteroatoms. The number of methoxy groups -OCH3 is 1. The number of ether oxygens (including phenoxy) is 2. The predicted molar refractivity (Wildman–Crippen MR) is 102 cm³/mol. The van der Waals surface area contributed by atoms with Crippen molar-refractivity contribution >= 4 is 17.4 Å². The van der Waals surface area contributed by atoms with Crippen LogP contribution in [0.3, 0.4) is 0 Å². The van der Waals surface area contributed by atoms with Gasteiger partial charge in [0, 0.05) is 26.3 Å². The lowest BCUT2D eigenvalue weighted by Crippen LogP contribution is -2.17. The van der Waals surface area contributed by atoms with E-state index in [1.54, 1.807) is 26.2 Å². The van der Waals surface area contributed by atoms with E-state index in [2.05, 4.69) is 20.6 Å². The van der Waals surface area contributed by atoms with E-state index >= 15 is 0 Å². The second-order valence-electron chi connectivity index (χ2n) is 6.08. The Morgan fingerprint density at radius 3 is 2.73 bits per heavy atom. The zero-order chi connectivity index (χ0) is 18.9. The van der Waals surface area contributed by atoms with Crippen molar-refractivity contribution in [2.45, 2.75) is 33.3 Å². The third kappa shape index (κ3) is 6.00. The average molecular weight is 358 g/mol. The molecule has 2 aromatic rings. The summed E-state index contributed by atoms with van der Waals surface area (Å²) >= 11 is 0. The van der Waals surface area contributed by atoms with Crippen molar-refractivity contribution < 1.29 is 14.3 Å². The Morgan fingerprint density at radius 1 is 1.23 bits per heavy atom. The summed E-state index contributed by atoms with van der Waals surface area (Å²) in [5.74, 6) is 1.46. The lowest BCUT2D eigenvalue weighted by Gasteiger charge is -2.15. The van der Waals surface area contributed by atoms with Crippen LogP contribution in [0.15, 0.2) is 30.3 Å². The first kappa shape index (κ1) is 19.7. The van der Waals surface area contributed by atoms with Crippen LogP contribution in [-0.2, 0) is 4.74 Å². The molecule has 0 aliphatic heterocycles. The number of aromatic nitrogens is 2. The van der Waals surface area contributed by atoms with Crippen LogP contribution in [0.5, 0.6) is 5.75 Å². The number of nitrogens with one attached hydrogen (secondary N) is 2. The van der Waals surface area contributed by atoms with Crippen molar-refractivity contribution in [1.82, 2.24) is 9.97 Å². The highest BCUT2D eigenvalue weighted by Crippen LogP contribution is 2.25. The number of aryl methyl sites for hydroxylation is 1. The number of nitrogens with zero attached hydrogens (tertiary/aromatic N) is 2. The maximum Gasteiger partial charge on any atom is 0.274 e. The van der Waals surface area contributed by atoms with Crippen LogP contribution in [-0.4, -0.2) is 42.2 Å². The van der Waals surface area contributed by atoms with Crippen LogP contribution in [0.1, 0.15) is 36.6 Å². The van der Waals surface area contributed by atoms with E-state index in [1.807, 2.05) is 32.0 Å². The molecule has 0 atom stereocenters. The van der Waals surface area contributed by atoms with Gasteiger partial charge in [0.2, 0.25) is 0 Å². The summed E-state index contributed by atoms with van der Waals surface area (Å²) in [4.78, 5) is 21.2. The summed E-state index contributed by atoms with van der Waals surface area (Å²) < 4.78 is 10.8. The second-order valence-corrected chi connectivity index (χ2v) is 6.08. The Bertz CT molecular complexity index is 734. The fraction of sp³-hybridized carbons (Fsp3) is 0.421. The van der Waals surface area contributed by atoms with Gasteiger partial charge in [0.15, 0.2) is 0 Å². The summed E-state index contributed by atoms with van der Waals surface area (Å²) in [7, 11) is 1.66.